The van der Waals surface area contributed by atoms with Gasteiger partial charge in [-0.15, -0.1) is 0 Å². The highest BCUT2D eigenvalue weighted by molar-refractivity contribution is 5.79. The van der Waals surface area contributed by atoms with Crippen LogP contribution < -0.4 is 5.32 Å². The Bertz CT molecular complexity index is 221. The first kappa shape index (κ1) is 10.1. The Morgan fingerprint density at radius 3 is 2.77 bits per heavy atom. The van der Waals surface area contributed by atoms with Gasteiger partial charge >= 0.3 is 5.97 Å². The molecule has 13 heavy (non-hydrogen) atoms. The predicted octanol–water partition coefficient (Wildman–Crippen LogP) is 1.75. The standard InChI is InChI=1S/C10H17NO2/c1-10(2)5-3-8(7-10)11-6-4-9(12)13/h4,6,8,11H,3,5,7H2,1-2H3,(H,12,13)/b6-4+. The molecule has 1 rings (SSSR count). The number of nitrogens with one attached hydrogen (secondary N) is 1. The molecule has 0 aromatic rings. The van der Waals surface area contributed by atoms with E-state index in [9.17, 15) is 4.79 Å². The summed E-state index contributed by atoms with van der Waals surface area (Å²) in [7, 11) is 0. The average Bonchev–Trinajstić information content (AvgIpc) is 2.29. The lowest BCUT2D eigenvalue weighted by atomic mass is 9.92. The second-order valence-electron chi connectivity index (χ2n) is 4.44. The predicted molar refractivity (Wildman–Crippen MR) is 51.3 cm³/mol. The highest BCUT2D eigenvalue weighted by atomic mass is 16.4. The smallest absolute Gasteiger partial charge is 0.329 e. The molecule has 1 aliphatic carbocycles. The number of aliphatic carboxylic acids is 1. The fourth-order valence-corrected chi connectivity index (χ4v) is 1.83. The minimum absolute atomic E-state index is 0.411. The Balaban J connectivity index is 2.29. The fraction of sp³-hybridized carbons (Fsp3) is 0.700. The molecule has 0 heterocycles. The van der Waals surface area contributed by atoms with Gasteiger partial charge in [0.25, 0.3) is 0 Å². The first-order valence-corrected chi connectivity index (χ1v) is 4.65. The molecule has 0 aromatic heterocycles. The molecular formula is C10H17NO2. The maximum Gasteiger partial charge on any atom is 0.329 e. The molecule has 1 atom stereocenters. The number of carboxylic acid groups (broad SMARTS) is 1. The van der Waals surface area contributed by atoms with E-state index in [0.29, 0.717) is 11.5 Å². The van der Waals surface area contributed by atoms with Gasteiger partial charge in [0.15, 0.2) is 0 Å². The van der Waals surface area contributed by atoms with E-state index in [1.165, 1.54) is 12.6 Å². The van der Waals surface area contributed by atoms with Gasteiger partial charge < -0.3 is 10.4 Å². The molecule has 0 amide bonds. The molecule has 0 aliphatic heterocycles. The average molecular weight is 183 g/mol. The van der Waals surface area contributed by atoms with Crippen LogP contribution in [0.2, 0.25) is 0 Å². The van der Waals surface area contributed by atoms with Gasteiger partial charge in [0.1, 0.15) is 0 Å². The second kappa shape index (κ2) is 3.81. The number of carbonyl (C=O) groups is 1. The molecule has 2 N–H and O–H groups in total. The number of hydrogen-bond acceptors (Lipinski definition) is 2. The Morgan fingerprint density at radius 2 is 2.31 bits per heavy atom. The van der Waals surface area contributed by atoms with Gasteiger partial charge in [-0.25, -0.2) is 4.79 Å². The Morgan fingerprint density at radius 1 is 1.62 bits per heavy atom. The Labute approximate surface area is 78.8 Å². The zero-order valence-electron chi connectivity index (χ0n) is 8.21. The molecule has 1 unspecified atom stereocenters. The largest absolute Gasteiger partial charge is 0.478 e. The summed E-state index contributed by atoms with van der Waals surface area (Å²) < 4.78 is 0. The van der Waals surface area contributed by atoms with Gasteiger partial charge in [0.2, 0.25) is 0 Å². The van der Waals surface area contributed by atoms with Crippen LogP contribution >= 0.6 is 0 Å². The van der Waals surface area contributed by atoms with Crippen molar-refractivity contribution < 1.29 is 9.90 Å². The van der Waals surface area contributed by atoms with Crippen molar-refractivity contribution in [2.45, 2.75) is 39.2 Å². The van der Waals surface area contributed by atoms with E-state index in [1.54, 1.807) is 0 Å². The van der Waals surface area contributed by atoms with Crippen LogP contribution in [0, 0.1) is 5.41 Å². The molecule has 3 nitrogen and oxygen atoms in total. The molecule has 74 valence electrons. The van der Waals surface area contributed by atoms with Gasteiger partial charge in [0, 0.05) is 18.3 Å². The molecule has 1 fully saturated rings. The van der Waals surface area contributed by atoms with Crippen LogP contribution in [0.15, 0.2) is 12.3 Å². The van der Waals surface area contributed by atoms with E-state index in [0.717, 1.165) is 18.9 Å². The highest BCUT2D eigenvalue weighted by Gasteiger charge is 2.29. The molecule has 0 saturated heterocycles. The summed E-state index contributed by atoms with van der Waals surface area (Å²) in [5.41, 5.74) is 0.411. The van der Waals surface area contributed by atoms with E-state index >= 15 is 0 Å². The SMILES string of the molecule is CC1(C)CCC(N/C=C/C(=O)O)C1. The van der Waals surface area contributed by atoms with Gasteiger partial charge in [0.05, 0.1) is 0 Å². The van der Waals surface area contributed by atoms with Crippen molar-refractivity contribution in [1.29, 1.82) is 0 Å². The summed E-state index contributed by atoms with van der Waals surface area (Å²) in [6.45, 7) is 4.49. The minimum atomic E-state index is -0.898. The topological polar surface area (TPSA) is 49.3 Å². The lowest BCUT2D eigenvalue weighted by molar-refractivity contribution is -0.131. The maximum absolute atomic E-state index is 10.2. The van der Waals surface area contributed by atoms with E-state index in [4.69, 9.17) is 5.11 Å². The molecular weight excluding hydrogens is 166 g/mol. The van der Waals surface area contributed by atoms with Gasteiger partial charge in [-0.2, -0.15) is 0 Å². The zero-order chi connectivity index (χ0) is 9.90. The number of hydrogen-bond donors (Lipinski definition) is 2. The third kappa shape index (κ3) is 3.49. The molecule has 1 aliphatic rings. The van der Waals surface area contributed by atoms with Crippen LogP contribution in [0.5, 0.6) is 0 Å². The molecule has 0 aromatic carbocycles. The number of rotatable bonds is 3. The van der Waals surface area contributed by atoms with Crippen molar-refractivity contribution in [2.75, 3.05) is 0 Å². The Hall–Kier alpha value is -0.990. The highest BCUT2D eigenvalue weighted by Crippen LogP contribution is 2.36. The first-order valence-electron chi connectivity index (χ1n) is 4.65. The van der Waals surface area contributed by atoms with Crippen molar-refractivity contribution in [3.05, 3.63) is 12.3 Å². The molecule has 0 spiro atoms. The third-order valence-corrected chi connectivity index (χ3v) is 2.53. The van der Waals surface area contributed by atoms with Crippen molar-refractivity contribution in [1.82, 2.24) is 5.32 Å². The van der Waals surface area contributed by atoms with E-state index in [-0.39, 0.29) is 0 Å². The molecule has 0 bridgehead atoms. The zero-order valence-corrected chi connectivity index (χ0v) is 8.21. The third-order valence-electron chi connectivity index (χ3n) is 2.53. The fourth-order valence-electron chi connectivity index (χ4n) is 1.83. The van der Waals surface area contributed by atoms with E-state index in [1.807, 2.05) is 0 Å². The van der Waals surface area contributed by atoms with Crippen LogP contribution in [-0.4, -0.2) is 17.1 Å². The van der Waals surface area contributed by atoms with Crippen molar-refractivity contribution in [3.63, 3.8) is 0 Å². The summed E-state index contributed by atoms with van der Waals surface area (Å²) in [5.74, 6) is -0.898. The summed E-state index contributed by atoms with van der Waals surface area (Å²) in [6, 6.07) is 0.450. The van der Waals surface area contributed by atoms with Crippen LogP contribution in [0.1, 0.15) is 33.1 Å². The summed E-state index contributed by atoms with van der Waals surface area (Å²) in [5, 5.41) is 11.5. The van der Waals surface area contributed by atoms with Crippen LogP contribution in [0.4, 0.5) is 0 Å². The molecule has 3 heteroatoms. The second-order valence-corrected chi connectivity index (χ2v) is 4.44. The normalized spacial score (nSPS) is 26.5. The quantitative estimate of drug-likeness (QED) is 0.655. The van der Waals surface area contributed by atoms with Crippen LogP contribution in [0.25, 0.3) is 0 Å². The first-order chi connectivity index (χ1) is 5.99. The summed E-state index contributed by atoms with van der Waals surface area (Å²) in [4.78, 5) is 10.2. The van der Waals surface area contributed by atoms with Gasteiger partial charge in [-0.05, 0) is 24.7 Å². The minimum Gasteiger partial charge on any atom is -0.478 e. The maximum atomic E-state index is 10.2. The van der Waals surface area contributed by atoms with Crippen molar-refractivity contribution in [2.24, 2.45) is 5.41 Å². The van der Waals surface area contributed by atoms with Gasteiger partial charge in [-0.3, -0.25) is 0 Å². The van der Waals surface area contributed by atoms with Crippen LogP contribution in [-0.2, 0) is 4.79 Å². The monoisotopic (exact) mass is 183 g/mol. The summed E-state index contributed by atoms with van der Waals surface area (Å²) >= 11 is 0. The summed E-state index contributed by atoms with van der Waals surface area (Å²) in [6.07, 6.45) is 6.15. The van der Waals surface area contributed by atoms with E-state index < -0.39 is 5.97 Å². The number of carboxylic acids is 1. The van der Waals surface area contributed by atoms with E-state index in [2.05, 4.69) is 19.2 Å². The Kier molecular flexibility index (Phi) is 2.96. The van der Waals surface area contributed by atoms with Crippen molar-refractivity contribution in [3.8, 4) is 0 Å². The molecule has 1 saturated carbocycles. The lowest BCUT2D eigenvalue weighted by Crippen LogP contribution is -2.22. The molecule has 0 radical (unpaired) electrons. The van der Waals surface area contributed by atoms with Gasteiger partial charge in [-0.1, -0.05) is 13.8 Å². The van der Waals surface area contributed by atoms with Crippen molar-refractivity contribution >= 4 is 5.97 Å². The lowest BCUT2D eigenvalue weighted by Gasteiger charge is -2.16. The van der Waals surface area contributed by atoms with Crippen LogP contribution in [0.3, 0.4) is 0 Å².